The molecule has 0 saturated heterocycles. The largest absolute Gasteiger partial charge is 0.493 e. The highest BCUT2D eigenvalue weighted by Gasteiger charge is 2.11. The van der Waals surface area contributed by atoms with Gasteiger partial charge in [-0.05, 0) is 43.7 Å². The summed E-state index contributed by atoms with van der Waals surface area (Å²) in [5, 5.41) is 7.09. The molecule has 2 rings (SSSR count). The molecule has 2 aromatic rings. The lowest BCUT2D eigenvalue weighted by atomic mass is 10.2. The van der Waals surface area contributed by atoms with E-state index in [-0.39, 0.29) is 0 Å². The van der Waals surface area contributed by atoms with Crippen LogP contribution in [0.2, 0.25) is 5.02 Å². The average molecular weight is 391 g/mol. The van der Waals surface area contributed by atoms with Gasteiger partial charge in [0.25, 0.3) is 0 Å². The van der Waals surface area contributed by atoms with Crippen LogP contribution in [0.25, 0.3) is 0 Å². The Morgan fingerprint density at radius 3 is 2.74 bits per heavy atom. The summed E-state index contributed by atoms with van der Waals surface area (Å²) in [6.45, 7) is 6.47. The van der Waals surface area contributed by atoms with Gasteiger partial charge in [0.1, 0.15) is 0 Å². The van der Waals surface area contributed by atoms with Crippen molar-refractivity contribution in [1.29, 1.82) is 0 Å². The molecule has 27 heavy (non-hydrogen) atoms. The fraction of sp³-hybridized carbons (Fsp3) is 0.400. The minimum absolute atomic E-state index is 0.474. The molecule has 1 aromatic carbocycles. The van der Waals surface area contributed by atoms with Crippen LogP contribution in [0.1, 0.15) is 25.1 Å². The third-order valence-corrected chi connectivity index (χ3v) is 4.02. The van der Waals surface area contributed by atoms with Gasteiger partial charge in [0.15, 0.2) is 17.5 Å². The molecule has 0 aliphatic carbocycles. The number of hydrogen-bond donors (Lipinski definition) is 2. The fourth-order valence-corrected chi connectivity index (χ4v) is 2.80. The second kappa shape index (κ2) is 11.3. The first-order valence-corrected chi connectivity index (χ1v) is 9.47. The first kappa shape index (κ1) is 20.8. The van der Waals surface area contributed by atoms with E-state index in [1.807, 2.05) is 44.2 Å². The quantitative estimate of drug-likeness (QED) is 0.507. The second-order valence-electron chi connectivity index (χ2n) is 5.74. The highest BCUT2D eigenvalue weighted by molar-refractivity contribution is 6.32. The van der Waals surface area contributed by atoms with E-state index in [1.165, 1.54) is 0 Å². The van der Waals surface area contributed by atoms with Gasteiger partial charge in [-0.25, -0.2) is 4.99 Å². The molecule has 1 heterocycles. The van der Waals surface area contributed by atoms with Crippen molar-refractivity contribution in [2.45, 2.75) is 26.8 Å². The van der Waals surface area contributed by atoms with Gasteiger partial charge in [-0.3, -0.25) is 4.98 Å². The van der Waals surface area contributed by atoms with Crippen molar-refractivity contribution in [1.82, 2.24) is 15.6 Å². The minimum atomic E-state index is 0.474. The van der Waals surface area contributed by atoms with Crippen molar-refractivity contribution in [2.75, 3.05) is 26.8 Å². The summed E-state index contributed by atoms with van der Waals surface area (Å²) in [7, 11) is 1.60. The predicted molar refractivity (Wildman–Crippen MR) is 110 cm³/mol. The number of guanidine groups is 1. The maximum absolute atomic E-state index is 6.33. The number of ether oxygens (including phenoxy) is 2. The number of aliphatic imine (C=N–C) groups is 1. The van der Waals surface area contributed by atoms with Crippen LogP contribution in [-0.4, -0.2) is 37.7 Å². The number of benzene rings is 1. The Hall–Kier alpha value is -2.47. The normalized spacial score (nSPS) is 11.2. The zero-order valence-electron chi connectivity index (χ0n) is 16.1. The molecular weight excluding hydrogens is 364 g/mol. The van der Waals surface area contributed by atoms with Gasteiger partial charge in [-0.1, -0.05) is 17.7 Å². The lowest BCUT2D eigenvalue weighted by molar-refractivity contribution is 0.311. The smallest absolute Gasteiger partial charge is 0.191 e. The monoisotopic (exact) mass is 390 g/mol. The number of aromatic nitrogens is 1. The number of nitrogens with one attached hydrogen (secondary N) is 2. The molecule has 0 spiro atoms. The number of hydrogen-bond acceptors (Lipinski definition) is 4. The van der Waals surface area contributed by atoms with Crippen LogP contribution in [-0.2, 0) is 13.0 Å². The van der Waals surface area contributed by atoms with Crippen LogP contribution in [0.4, 0.5) is 0 Å². The third-order valence-electron chi connectivity index (χ3n) is 3.74. The van der Waals surface area contributed by atoms with Crippen LogP contribution in [0.3, 0.4) is 0 Å². The second-order valence-corrected chi connectivity index (χ2v) is 6.14. The summed E-state index contributed by atoms with van der Waals surface area (Å²) in [4.78, 5) is 8.95. The first-order valence-electron chi connectivity index (χ1n) is 9.09. The Kier molecular flexibility index (Phi) is 8.71. The molecular formula is C20H27ClN4O2. The molecule has 0 bridgehead atoms. The summed E-state index contributed by atoms with van der Waals surface area (Å²) in [6, 6.07) is 9.68. The standard InChI is InChI=1S/C20H27ClN4O2/c1-4-22-20(24-11-9-16-8-6-7-10-23-16)25-14-15-12-17(21)19(27-5-2)18(13-15)26-3/h6-8,10,12-13H,4-5,9,11,14H2,1-3H3,(H2,22,24,25). The number of halogens is 1. The van der Waals surface area contributed by atoms with Gasteiger partial charge >= 0.3 is 0 Å². The molecule has 0 fully saturated rings. The number of methoxy groups -OCH3 is 1. The summed E-state index contributed by atoms with van der Waals surface area (Å²) in [5.41, 5.74) is 1.99. The van der Waals surface area contributed by atoms with E-state index in [0.29, 0.717) is 29.7 Å². The number of pyridine rings is 1. The molecule has 0 aliphatic rings. The fourth-order valence-electron chi connectivity index (χ4n) is 2.52. The van der Waals surface area contributed by atoms with E-state index in [1.54, 1.807) is 13.3 Å². The Bertz CT molecular complexity index is 738. The Labute approximate surface area is 166 Å². The molecule has 0 aliphatic heterocycles. The summed E-state index contributed by atoms with van der Waals surface area (Å²) < 4.78 is 10.9. The average Bonchev–Trinajstić information content (AvgIpc) is 2.68. The molecule has 0 radical (unpaired) electrons. The minimum Gasteiger partial charge on any atom is -0.493 e. The zero-order chi connectivity index (χ0) is 19.5. The molecule has 1 aromatic heterocycles. The van der Waals surface area contributed by atoms with E-state index >= 15 is 0 Å². The molecule has 0 amide bonds. The van der Waals surface area contributed by atoms with Crippen LogP contribution in [0.5, 0.6) is 11.5 Å². The number of nitrogens with zero attached hydrogens (tertiary/aromatic N) is 2. The molecule has 146 valence electrons. The van der Waals surface area contributed by atoms with Crippen LogP contribution < -0.4 is 20.1 Å². The highest BCUT2D eigenvalue weighted by atomic mass is 35.5. The van der Waals surface area contributed by atoms with Crippen molar-refractivity contribution in [3.05, 3.63) is 52.8 Å². The van der Waals surface area contributed by atoms with Gasteiger partial charge < -0.3 is 20.1 Å². The molecule has 6 nitrogen and oxygen atoms in total. The predicted octanol–water partition coefficient (Wildman–Crippen LogP) is 3.44. The van der Waals surface area contributed by atoms with Crippen LogP contribution in [0, 0.1) is 0 Å². The van der Waals surface area contributed by atoms with Crippen LogP contribution >= 0.6 is 11.6 Å². The van der Waals surface area contributed by atoms with E-state index in [2.05, 4.69) is 20.6 Å². The maximum Gasteiger partial charge on any atom is 0.191 e. The number of rotatable bonds is 9. The zero-order valence-corrected chi connectivity index (χ0v) is 16.8. The van der Waals surface area contributed by atoms with Gasteiger partial charge in [0.2, 0.25) is 0 Å². The van der Waals surface area contributed by atoms with Crippen LogP contribution in [0.15, 0.2) is 41.5 Å². The van der Waals surface area contributed by atoms with Crippen molar-refractivity contribution in [3.63, 3.8) is 0 Å². The van der Waals surface area contributed by atoms with E-state index in [4.69, 9.17) is 21.1 Å². The Balaban J connectivity index is 2.01. The van der Waals surface area contributed by atoms with Gasteiger partial charge in [0, 0.05) is 31.4 Å². The summed E-state index contributed by atoms with van der Waals surface area (Å²) in [6.07, 6.45) is 2.63. The Morgan fingerprint density at radius 2 is 2.07 bits per heavy atom. The van der Waals surface area contributed by atoms with E-state index in [0.717, 1.165) is 36.7 Å². The molecule has 2 N–H and O–H groups in total. The lowest BCUT2D eigenvalue weighted by Gasteiger charge is -2.14. The van der Waals surface area contributed by atoms with E-state index in [9.17, 15) is 0 Å². The summed E-state index contributed by atoms with van der Waals surface area (Å²) >= 11 is 6.33. The molecule has 0 saturated carbocycles. The third kappa shape index (κ3) is 6.64. The van der Waals surface area contributed by atoms with Gasteiger partial charge in [0.05, 0.1) is 25.3 Å². The van der Waals surface area contributed by atoms with Crippen molar-refractivity contribution in [2.24, 2.45) is 4.99 Å². The van der Waals surface area contributed by atoms with Crippen molar-refractivity contribution >= 4 is 17.6 Å². The first-order chi connectivity index (χ1) is 13.2. The molecule has 7 heteroatoms. The maximum atomic E-state index is 6.33. The van der Waals surface area contributed by atoms with Gasteiger partial charge in [-0.2, -0.15) is 0 Å². The SMILES string of the molecule is CCNC(=NCc1cc(Cl)c(OCC)c(OC)c1)NCCc1ccccn1. The van der Waals surface area contributed by atoms with Crippen molar-refractivity contribution in [3.8, 4) is 11.5 Å². The summed E-state index contributed by atoms with van der Waals surface area (Å²) in [5.74, 6) is 1.93. The highest BCUT2D eigenvalue weighted by Crippen LogP contribution is 2.36. The van der Waals surface area contributed by atoms with Gasteiger partial charge in [-0.15, -0.1) is 0 Å². The molecule has 0 atom stereocenters. The van der Waals surface area contributed by atoms with Crippen molar-refractivity contribution < 1.29 is 9.47 Å². The molecule has 0 unspecified atom stereocenters. The lowest BCUT2D eigenvalue weighted by Crippen LogP contribution is -2.38. The topological polar surface area (TPSA) is 67.8 Å². The Morgan fingerprint density at radius 1 is 1.22 bits per heavy atom. The van der Waals surface area contributed by atoms with E-state index < -0.39 is 0 Å².